The van der Waals surface area contributed by atoms with E-state index in [9.17, 15) is 4.79 Å². The van der Waals surface area contributed by atoms with Crippen molar-refractivity contribution in [2.75, 3.05) is 7.11 Å². The number of hydrogen-bond donors (Lipinski definition) is 0. The Morgan fingerprint density at radius 1 is 1.53 bits per heavy atom. The molecule has 4 nitrogen and oxygen atoms in total. The second kappa shape index (κ2) is 5.00. The summed E-state index contributed by atoms with van der Waals surface area (Å²) in [6, 6.07) is 0. The van der Waals surface area contributed by atoms with Crippen LogP contribution >= 0.6 is 0 Å². The average molecular weight is 236 g/mol. The largest absolute Gasteiger partial charge is 0.377 e. The number of carbonyl (C=O) groups excluding carboxylic acids is 1. The maximum atomic E-state index is 12.1. The lowest BCUT2D eigenvalue weighted by atomic mass is 10.0. The molecule has 1 aliphatic rings. The van der Waals surface area contributed by atoms with E-state index in [-0.39, 0.29) is 5.78 Å². The zero-order valence-electron chi connectivity index (χ0n) is 10.8. The van der Waals surface area contributed by atoms with Crippen molar-refractivity contribution in [3.8, 4) is 0 Å². The Balaban J connectivity index is 2.42. The van der Waals surface area contributed by atoms with Crippen LogP contribution in [0.4, 0.5) is 0 Å². The minimum atomic E-state index is 0.189. The molecule has 0 saturated carbocycles. The number of aromatic nitrogens is 2. The molecule has 0 bridgehead atoms. The number of ether oxygens (including phenoxy) is 1. The highest BCUT2D eigenvalue weighted by atomic mass is 16.5. The summed E-state index contributed by atoms with van der Waals surface area (Å²) in [7, 11) is 1.66. The third-order valence-corrected chi connectivity index (χ3v) is 3.41. The maximum absolute atomic E-state index is 12.1. The molecule has 0 fully saturated rings. The zero-order valence-corrected chi connectivity index (χ0v) is 10.8. The van der Waals surface area contributed by atoms with Crippen molar-refractivity contribution in [3.05, 3.63) is 17.2 Å². The highest BCUT2D eigenvalue weighted by Gasteiger charge is 2.26. The Labute approximate surface area is 102 Å². The minimum absolute atomic E-state index is 0.189. The van der Waals surface area contributed by atoms with Crippen molar-refractivity contribution >= 4 is 5.78 Å². The van der Waals surface area contributed by atoms with E-state index >= 15 is 0 Å². The van der Waals surface area contributed by atoms with Crippen LogP contribution in [0.25, 0.3) is 0 Å². The van der Waals surface area contributed by atoms with Crippen LogP contribution in [0.2, 0.25) is 0 Å². The molecular weight excluding hydrogens is 216 g/mol. The average Bonchev–Trinajstić information content (AvgIpc) is 2.58. The van der Waals surface area contributed by atoms with E-state index in [0.717, 1.165) is 30.9 Å². The van der Waals surface area contributed by atoms with Crippen LogP contribution in [0.3, 0.4) is 0 Å². The lowest BCUT2D eigenvalue weighted by molar-refractivity contribution is 0.0962. The quantitative estimate of drug-likeness (QED) is 0.756. The van der Waals surface area contributed by atoms with Gasteiger partial charge in [0, 0.05) is 25.8 Å². The molecule has 1 heterocycles. The standard InChI is InChI=1S/C13H20N2O2/c1-4-15-10-6-5-9(2)7-11(16)13(10)14-12(15)8-17-3/h9H,4-8H2,1-3H3/t9-/m0/s1. The van der Waals surface area contributed by atoms with E-state index < -0.39 is 0 Å². The Kier molecular flexibility index (Phi) is 3.62. The molecule has 1 aromatic rings. The molecule has 1 aliphatic carbocycles. The Bertz CT molecular complexity index is 423. The number of rotatable bonds is 3. The number of methoxy groups -OCH3 is 1. The molecule has 2 rings (SSSR count). The number of nitrogens with zero attached hydrogens (tertiary/aromatic N) is 2. The summed E-state index contributed by atoms with van der Waals surface area (Å²) < 4.78 is 7.27. The van der Waals surface area contributed by atoms with Crippen LogP contribution < -0.4 is 0 Å². The third kappa shape index (κ3) is 2.27. The molecule has 0 unspecified atom stereocenters. The molecule has 1 atom stereocenters. The lowest BCUT2D eigenvalue weighted by Crippen LogP contribution is -2.07. The molecule has 0 saturated heterocycles. The number of fused-ring (bicyclic) bond motifs is 1. The van der Waals surface area contributed by atoms with Crippen molar-refractivity contribution in [2.45, 2.75) is 46.3 Å². The molecule has 0 spiro atoms. The number of Topliss-reactive ketones (excluding diaryl/α,β-unsaturated/α-hetero) is 1. The van der Waals surface area contributed by atoms with Gasteiger partial charge in [0.15, 0.2) is 5.78 Å². The highest BCUT2D eigenvalue weighted by molar-refractivity contribution is 5.96. The summed E-state index contributed by atoms with van der Waals surface area (Å²) in [4.78, 5) is 16.6. The van der Waals surface area contributed by atoms with E-state index in [0.29, 0.717) is 24.6 Å². The third-order valence-electron chi connectivity index (χ3n) is 3.41. The maximum Gasteiger partial charge on any atom is 0.183 e. The van der Waals surface area contributed by atoms with Gasteiger partial charge in [0.1, 0.15) is 18.1 Å². The van der Waals surface area contributed by atoms with Gasteiger partial charge in [-0.1, -0.05) is 6.92 Å². The van der Waals surface area contributed by atoms with Gasteiger partial charge < -0.3 is 9.30 Å². The monoisotopic (exact) mass is 236 g/mol. The summed E-state index contributed by atoms with van der Waals surface area (Å²) in [5.74, 6) is 1.53. The summed E-state index contributed by atoms with van der Waals surface area (Å²) in [5.41, 5.74) is 1.79. The van der Waals surface area contributed by atoms with Crippen molar-refractivity contribution in [3.63, 3.8) is 0 Å². The molecule has 4 heteroatoms. The fourth-order valence-electron chi connectivity index (χ4n) is 2.53. The van der Waals surface area contributed by atoms with E-state index in [1.165, 1.54) is 0 Å². The summed E-state index contributed by atoms with van der Waals surface area (Å²) in [6.07, 6.45) is 2.64. The van der Waals surface area contributed by atoms with Crippen molar-refractivity contribution in [2.24, 2.45) is 5.92 Å². The molecule has 0 amide bonds. The Morgan fingerprint density at radius 3 is 2.94 bits per heavy atom. The van der Waals surface area contributed by atoms with Gasteiger partial charge in [-0.3, -0.25) is 4.79 Å². The van der Waals surface area contributed by atoms with Gasteiger partial charge in [0.25, 0.3) is 0 Å². The van der Waals surface area contributed by atoms with Crippen molar-refractivity contribution in [1.29, 1.82) is 0 Å². The molecule has 94 valence electrons. The van der Waals surface area contributed by atoms with Crippen LogP contribution in [-0.4, -0.2) is 22.4 Å². The SMILES string of the molecule is CCn1c(COC)nc2c1CC[C@H](C)CC2=O. The van der Waals surface area contributed by atoms with E-state index in [1.807, 2.05) is 0 Å². The van der Waals surface area contributed by atoms with Crippen molar-refractivity contribution < 1.29 is 9.53 Å². The first-order valence-corrected chi connectivity index (χ1v) is 6.27. The van der Waals surface area contributed by atoms with Gasteiger partial charge in [0.05, 0.1) is 0 Å². The van der Waals surface area contributed by atoms with E-state index in [4.69, 9.17) is 4.74 Å². The summed E-state index contributed by atoms with van der Waals surface area (Å²) >= 11 is 0. The second-order valence-electron chi connectivity index (χ2n) is 4.77. The van der Waals surface area contributed by atoms with Crippen LogP contribution in [-0.2, 0) is 24.3 Å². The van der Waals surface area contributed by atoms with Crippen LogP contribution in [0.1, 0.15) is 48.7 Å². The molecule has 0 aromatic carbocycles. The first kappa shape index (κ1) is 12.3. The minimum Gasteiger partial charge on any atom is -0.377 e. The predicted molar refractivity (Wildman–Crippen MR) is 65.0 cm³/mol. The smallest absolute Gasteiger partial charge is 0.183 e. The summed E-state index contributed by atoms with van der Waals surface area (Å²) in [6.45, 7) is 5.54. The van der Waals surface area contributed by atoms with Gasteiger partial charge in [-0.25, -0.2) is 4.98 Å². The van der Waals surface area contributed by atoms with E-state index in [1.54, 1.807) is 7.11 Å². The molecule has 17 heavy (non-hydrogen) atoms. The van der Waals surface area contributed by atoms with Gasteiger partial charge in [0.2, 0.25) is 0 Å². The fraction of sp³-hybridized carbons (Fsp3) is 0.692. The summed E-state index contributed by atoms with van der Waals surface area (Å²) in [5, 5.41) is 0. The Morgan fingerprint density at radius 2 is 2.29 bits per heavy atom. The first-order valence-electron chi connectivity index (χ1n) is 6.27. The number of ketones is 1. The molecule has 0 radical (unpaired) electrons. The zero-order chi connectivity index (χ0) is 12.4. The fourth-order valence-corrected chi connectivity index (χ4v) is 2.53. The van der Waals surface area contributed by atoms with Gasteiger partial charge in [-0.15, -0.1) is 0 Å². The second-order valence-corrected chi connectivity index (χ2v) is 4.77. The molecular formula is C13H20N2O2. The Hall–Kier alpha value is -1.16. The van der Waals surface area contributed by atoms with Gasteiger partial charge >= 0.3 is 0 Å². The number of imidazole rings is 1. The molecule has 0 N–H and O–H groups in total. The molecule has 0 aliphatic heterocycles. The van der Waals surface area contributed by atoms with Crippen molar-refractivity contribution in [1.82, 2.24) is 9.55 Å². The predicted octanol–water partition coefficient (Wildman–Crippen LogP) is 2.20. The highest BCUT2D eigenvalue weighted by Crippen LogP contribution is 2.25. The van der Waals surface area contributed by atoms with E-state index in [2.05, 4.69) is 23.4 Å². The van der Waals surface area contributed by atoms with Gasteiger partial charge in [-0.2, -0.15) is 0 Å². The first-order chi connectivity index (χ1) is 8.17. The molecule has 1 aromatic heterocycles. The normalized spacial score (nSPS) is 20.2. The number of hydrogen-bond acceptors (Lipinski definition) is 3. The topological polar surface area (TPSA) is 44.1 Å². The van der Waals surface area contributed by atoms with Crippen LogP contribution in [0, 0.1) is 5.92 Å². The number of carbonyl (C=O) groups is 1. The van der Waals surface area contributed by atoms with Crippen LogP contribution in [0.15, 0.2) is 0 Å². The lowest BCUT2D eigenvalue weighted by Gasteiger charge is -2.09. The van der Waals surface area contributed by atoms with Gasteiger partial charge in [-0.05, 0) is 25.7 Å². The van der Waals surface area contributed by atoms with Crippen LogP contribution in [0.5, 0.6) is 0 Å².